The molecule has 0 aromatic carbocycles. The fourth-order valence-electron chi connectivity index (χ4n) is 0.944. The van der Waals surface area contributed by atoms with E-state index in [0.29, 0.717) is 5.65 Å². The van der Waals surface area contributed by atoms with E-state index in [1.54, 1.807) is 37.3 Å². The van der Waals surface area contributed by atoms with E-state index in [0.717, 1.165) is 5.52 Å². The first kappa shape index (κ1) is 9.20. The summed E-state index contributed by atoms with van der Waals surface area (Å²) in [5.41, 5.74) is 1.59. The molecule has 0 saturated heterocycles. The van der Waals surface area contributed by atoms with Crippen LogP contribution in [0.1, 0.15) is 0 Å². The summed E-state index contributed by atoms with van der Waals surface area (Å²) in [4.78, 5) is 21.9. The number of rotatable bonds is 0. The Morgan fingerprint density at radius 2 is 1.60 bits per heavy atom. The normalized spacial score (nSPS) is 9.33. The highest BCUT2D eigenvalue weighted by atomic mass is 15.0. The number of imidazole rings is 1. The Kier molecular flexibility index (Phi) is 2.91. The van der Waals surface area contributed by atoms with Gasteiger partial charge in [-0.3, -0.25) is 9.97 Å². The summed E-state index contributed by atoms with van der Waals surface area (Å²) in [6.45, 7) is 0. The summed E-state index contributed by atoms with van der Waals surface area (Å²) >= 11 is 0. The van der Waals surface area contributed by atoms with Gasteiger partial charge < -0.3 is 4.98 Å². The van der Waals surface area contributed by atoms with Gasteiger partial charge in [0.05, 0.1) is 12.5 Å². The summed E-state index contributed by atoms with van der Waals surface area (Å²) in [6, 6.07) is 0. The molecule has 1 N–H and O–H groups in total. The molecule has 3 aromatic rings. The maximum absolute atomic E-state index is 3.91. The SMILES string of the molecule is c1cnccn1.c1ncc2[nH]cnc2n1. The summed E-state index contributed by atoms with van der Waals surface area (Å²) < 4.78 is 0. The van der Waals surface area contributed by atoms with E-state index in [4.69, 9.17) is 0 Å². The Balaban J connectivity index is 0.000000124. The molecule has 3 aromatic heterocycles. The van der Waals surface area contributed by atoms with Crippen molar-refractivity contribution < 1.29 is 0 Å². The van der Waals surface area contributed by atoms with Crippen LogP contribution in [-0.2, 0) is 0 Å². The molecule has 0 aliphatic rings. The van der Waals surface area contributed by atoms with Crippen molar-refractivity contribution >= 4 is 11.2 Å². The van der Waals surface area contributed by atoms with Gasteiger partial charge in [-0.15, -0.1) is 0 Å². The van der Waals surface area contributed by atoms with Gasteiger partial charge in [-0.05, 0) is 0 Å². The maximum atomic E-state index is 3.91. The zero-order chi connectivity index (χ0) is 10.3. The van der Waals surface area contributed by atoms with Gasteiger partial charge in [0, 0.05) is 24.8 Å². The maximum Gasteiger partial charge on any atom is 0.180 e. The fourth-order valence-corrected chi connectivity index (χ4v) is 0.944. The Morgan fingerprint density at radius 3 is 2.20 bits per heavy atom. The highest BCUT2D eigenvalue weighted by molar-refractivity contribution is 5.67. The number of fused-ring (bicyclic) bond motifs is 1. The first-order valence-electron chi connectivity index (χ1n) is 4.26. The first-order valence-corrected chi connectivity index (χ1v) is 4.26. The second kappa shape index (κ2) is 4.75. The van der Waals surface area contributed by atoms with E-state index in [1.807, 2.05) is 0 Å². The molecule has 6 heteroatoms. The smallest absolute Gasteiger partial charge is 0.180 e. The predicted molar refractivity (Wildman–Crippen MR) is 53.7 cm³/mol. The molecular formula is C9H8N6. The molecule has 0 aliphatic heterocycles. The minimum atomic E-state index is 0.713. The van der Waals surface area contributed by atoms with Gasteiger partial charge in [0.15, 0.2) is 5.65 Å². The average molecular weight is 200 g/mol. The molecule has 0 amide bonds. The van der Waals surface area contributed by atoms with Gasteiger partial charge in [0.2, 0.25) is 0 Å². The molecular weight excluding hydrogens is 192 g/mol. The van der Waals surface area contributed by atoms with Crippen LogP contribution in [0.3, 0.4) is 0 Å². The molecule has 0 radical (unpaired) electrons. The Hall–Kier alpha value is -2.37. The van der Waals surface area contributed by atoms with Crippen LogP contribution in [-0.4, -0.2) is 29.9 Å². The molecule has 0 saturated carbocycles. The van der Waals surface area contributed by atoms with Crippen molar-refractivity contribution in [3.05, 3.63) is 43.6 Å². The number of hydrogen-bond acceptors (Lipinski definition) is 5. The van der Waals surface area contributed by atoms with E-state index in [-0.39, 0.29) is 0 Å². The molecule has 3 rings (SSSR count). The van der Waals surface area contributed by atoms with Crippen molar-refractivity contribution in [1.82, 2.24) is 29.9 Å². The molecule has 0 aliphatic carbocycles. The number of aromatic amines is 1. The minimum Gasteiger partial charge on any atom is -0.342 e. The minimum absolute atomic E-state index is 0.713. The van der Waals surface area contributed by atoms with Crippen molar-refractivity contribution in [1.29, 1.82) is 0 Å². The molecule has 6 nitrogen and oxygen atoms in total. The van der Waals surface area contributed by atoms with Crippen LogP contribution in [0.2, 0.25) is 0 Å². The quantitative estimate of drug-likeness (QED) is 0.581. The Labute approximate surface area is 85.5 Å². The van der Waals surface area contributed by atoms with Crippen molar-refractivity contribution in [2.24, 2.45) is 0 Å². The molecule has 0 bridgehead atoms. The van der Waals surface area contributed by atoms with E-state index >= 15 is 0 Å². The second-order valence-corrected chi connectivity index (χ2v) is 2.56. The van der Waals surface area contributed by atoms with Gasteiger partial charge in [-0.1, -0.05) is 0 Å². The van der Waals surface area contributed by atoms with Crippen LogP contribution in [0.5, 0.6) is 0 Å². The Bertz CT molecular complexity index is 449. The highest BCUT2D eigenvalue weighted by Crippen LogP contribution is 1.99. The van der Waals surface area contributed by atoms with E-state index in [2.05, 4.69) is 29.9 Å². The van der Waals surface area contributed by atoms with Crippen LogP contribution < -0.4 is 0 Å². The van der Waals surface area contributed by atoms with Crippen LogP contribution >= 0.6 is 0 Å². The van der Waals surface area contributed by atoms with Crippen LogP contribution in [0.25, 0.3) is 11.2 Å². The van der Waals surface area contributed by atoms with Crippen LogP contribution in [0, 0.1) is 0 Å². The second-order valence-electron chi connectivity index (χ2n) is 2.56. The zero-order valence-corrected chi connectivity index (χ0v) is 7.78. The van der Waals surface area contributed by atoms with Crippen LogP contribution in [0.4, 0.5) is 0 Å². The lowest BCUT2D eigenvalue weighted by Gasteiger charge is -1.80. The number of aromatic nitrogens is 6. The molecule has 3 heterocycles. The van der Waals surface area contributed by atoms with Crippen molar-refractivity contribution in [2.75, 3.05) is 0 Å². The molecule has 0 unspecified atom stereocenters. The molecule has 0 atom stereocenters. The topological polar surface area (TPSA) is 80.2 Å². The zero-order valence-electron chi connectivity index (χ0n) is 7.78. The standard InChI is InChI=1S/C5H4N4.C4H4N2/c1-4-5(8-2-6-1)9-3-7-4;1-2-6-4-3-5-1/h1-3H,(H,6,7,8,9);1-4H. The molecule has 74 valence electrons. The first-order chi connectivity index (χ1) is 7.47. The average Bonchev–Trinajstić information content (AvgIpc) is 2.80. The number of hydrogen-bond donors (Lipinski definition) is 1. The van der Waals surface area contributed by atoms with E-state index < -0.39 is 0 Å². The summed E-state index contributed by atoms with van der Waals surface area (Å²) in [5.74, 6) is 0. The molecule has 0 fully saturated rings. The number of nitrogens with zero attached hydrogens (tertiary/aromatic N) is 5. The Morgan fingerprint density at radius 1 is 0.867 bits per heavy atom. The number of nitrogens with one attached hydrogen (secondary N) is 1. The van der Waals surface area contributed by atoms with Crippen LogP contribution in [0.15, 0.2) is 43.6 Å². The predicted octanol–water partition coefficient (Wildman–Crippen LogP) is 0.829. The van der Waals surface area contributed by atoms with E-state index in [9.17, 15) is 0 Å². The number of H-pyrrole nitrogens is 1. The largest absolute Gasteiger partial charge is 0.342 e. The summed E-state index contributed by atoms with van der Waals surface area (Å²) in [7, 11) is 0. The summed E-state index contributed by atoms with van der Waals surface area (Å²) in [6.07, 6.45) is 11.3. The molecule has 15 heavy (non-hydrogen) atoms. The molecule has 0 spiro atoms. The third-order valence-corrected chi connectivity index (χ3v) is 1.58. The summed E-state index contributed by atoms with van der Waals surface area (Å²) in [5, 5.41) is 0. The van der Waals surface area contributed by atoms with Gasteiger partial charge >= 0.3 is 0 Å². The van der Waals surface area contributed by atoms with Gasteiger partial charge in [-0.2, -0.15) is 0 Å². The van der Waals surface area contributed by atoms with Crippen molar-refractivity contribution in [3.8, 4) is 0 Å². The highest BCUT2D eigenvalue weighted by Gasteiger charge is 1.91. The van der Waals surface area contributed by atoms with Gasteiger partial charge in [-0.25, -0.2) is 15.0 Å². The third-order valence-electron chi connectivity index (χ3n) is 1.58. The van der Waals surface area contributed by atoms with Crippen molar-refractivity contribution in [3.63, 3.8) is 0 Å². The third kappa shape index (κ3) is 2.53. The van der Waals surface area contributed by atoms with Crippen molar-refractivity contribution in [2.45, 2.75) is 0 Å². The van der Waals surface area contributed by atoms with Gasteiger partial charge in [0.1, 0.15) is 11.8 Å². The lowest BCUT2D eigenvalue weighted by molar-refractivity contribution is 1.20. The fraction of sp³-hybridized carbons (Fsp3) is 0. The monoisotopic (exact) mass is 200 g/mol. The van der Waals surface area contributed by atoms with Gasteiger partial charge in [0.25, 0.3) is 0 Å². The lowest BCUT2D eigenvalue weighted by Crippen LogP contribution is -1.76. The lowest BCUT2D eigenvalue weighted by atomic mass is 10.6. The van der Waals surface area contributed by atoms with E-state index in [1.165, 1.54) is 6.33 Å².